The van der Waals surface area contributed by atoms with Crippen molar-refractivity contribution < 1.29 is 19.0 Å². The van der Waals surface area contributed by atoms with Gasteiger partial charge in [-0.1, -0.05) is 55.5 Å². The lowest BCUT2D eigenvalue weighted by atomic mass is 10.1. The molecule has 26 heavy (non-hydrogen) atoms. The van der Waals surface area contributed by atoms with Gasteiger partial charge in [0.25, 0.3) is 0 Å². The summed E-state index contributed by atoms with van der Waals surface area (Å²) in [6.07, 6.45) is 3.28. The molecule has 0 aliphatic carbocycles. The van der Waals surface area contributed by atoms with E-state index in [2.05, 4.69) is 0 Å². The number of esters is 1. The third-order valence-corrected chi connectivity index (χ3v) is 3.98. The Morgan fingerprint density at radius 2 is 1.77 bits per heavy atom. The Morgan fingerprint density at radius 3 is 2.35 bits per heavy atom. The number of benzene rings is 2. The highest BCUT2D eigenvalue weighted by molar-refractivity contribution is 5.75. The van der Waals surface area contributed by atoms with E-state index in [9.17, 15) is 4.79 Å². The van der Waals surface area contributed by atoms with Gasteiger partial charge in [-0.3, -0.25) is 0 Å². The molecule has 0 N–H and O–H groups in total. The fourth-order valence-electron chi connectivity index (χ4n) is 2.51. The summed E-state index contributed by atoms with van der Waals surface area (Å²) in [5, 5.41) is 0. The van der Waals surface area contributed by atoms with Crippen molar-refractivity contribution >= 4 is 5.97 Å². The molecule has 2 aromatic rings. The average molecular weight is 354 g/mol. The second-order valence-electron chi connectivity index (χ2n) is 5.85. The molecule has 0 spiro atoms. The minimum Gasteiger partial charge on any atom is -0.497 e. The summed E-state index contributed by atoms with van der Waals surface area (Å²) in [4.78, 5) is 12.6. The van der Waals surface area contributed by atoms with E-state index in [0.29, 0.717) is 13.0 Å². The summed E-state index contributed by atoms with van der Waals surface area (Å²) in [5.74, 6) is 0.435. The molecule has 138 valence electrons. The molecule has 0 radical (unpaired) electrons. The highest BCUT2D eigenvalue weighted by atomic mass is 16.6. The first kappa shape index (κ1) is 19.7. The SMILES string of the molecule is C/C=C\C(OC(=O)C(CC)OCc1ccc(OC)cc1)c1ccccc1. The normalized spacial score (nSPS) is 13.3. The number of hydrogen-bond donors (Lipinski definition) is 0. The lowest BCUT2D eigenvalue weighted by Crippen LogP contribution is -2.27. The van der Waals surface area contributed by atoms with Crippen molar-refractivity contribution in [3.05, 3.63) is 77.9 Å². The van der Waals surface area contributed by atoms with E-state index in [4.69, 9.17) is 14.2 Å². The van der Waals surface area contributed by atoms with Crippen LogP contribution in [0, 0.1) is 0 Å². The van der Waals surface area contributed by atoms with Crippen LogP contribution in [0.25, 0.3) is 0 Å². The molecule has 0 aliphatic rings. The molecule has 2 rings (SSSR count). The van der Waals surface area contributed by atoms with Crippen molar-refractivity contribution in [1.82, 2.24) is 0 Å². The topological polar surface area (TPSA) is 44.8 Å². The second-order valence-corrected chi connectivity index (χ2v) is 5.85. The highest BCUT2D eigenvalue weighted by Crippen LogP contribution is 2.21. The Kier molecular flexibility index (Phi) is 7.90. The Morgan fingerprint density at radius 1 is 1.08 bits per heavy atom. The van der Waals surface area contributed by atoms with Crippen LogP contribution in [0.1, 0.15) is 37.5 Å². The molecular formula is C22H26O4. The minimum atomic E-state index is -0.603. The molecule has 0 aliphatic heterocycles. The third kappa shape index (κ3) is 5.74. The third-order valence-electron chi connectivity index (χ3n) is 3.98. The standard InChI is InChI=1S/C22H26O4/c1-4-9-21(18-10-7-6-8-11-18)26-22(23)20(5-2)25-16-17-12-14-19(24-3)15-13-17/h4,6-15,20-21H,5,16H2,1-3H3/b9-4-. The van der Waals surface area contributed by atoms with Gasteiger partial charge in [0, 0.05) is 0 Å². The summed E-state index contributed by atoms with van der Waals surface area (Å²) in [7, 11) is 1.63. The van der Waals surface area contributed by atoms with E-state index >= 15 is 0 Å². The van der Waals surface area contributed by atoms with Gasteiger partial charge in [-0.15, -0.1) is 0 Å². The van der Waals surface area contributed by atoms with Crippen LogP contribution < -0.4 is 4.74 Å². The van der Waals surface area contributed by atoms with Crippen LogP contribution >= 0.6 is 0 Å². The monoisotopic (exact) mass is 354 g/mol. The van der Waals surface area contributed by atoms with Gasteiger partial charge in [0.1, 0.15) is 11.9 Å². The molecule has 4 nitrogen and oxygen atoms in total. The molecule has 2 unspecified atom stereocenters. The largest absolute Gasteiger partial charge is 0.497 e. The summed E-state index contributed by atoms with van der Waals surface area (Å²) in [6, 6.07) is 17.3. The van der Waals surface area contributed by atoms with Gasteiger partial charge in [-0.2, -0.15) is 0 Å². The maximum atomic E-state index is 12.6. The minimum absolute atomic E-state index is 0.344. The lowest BCUT2D eigenvalue weighted by Gasteiger charge is -2.20. The van der Waals surface area contributed by atoms with Gasteiger partial charge in [0.05, 0.1) is 13.7 Å². The molecule has 2 aromatic carbocycles. The van der Waals surface area contributed by atoms with E-state index in [0.717, 1.165) is 16.9 Å². The zero-order valence-corrected chi connectivity index (χ0v) is 15.6. The first-order valence-electron chi connectivity index (χ1n) is 8.80. The Bertz CT molecular complexity index is 692. The lowest BCUT2D eigenvalue weighted by molar-refractivity contribution is -0.162. The number of allylic oxidation sites excluding steroid dienone is 1. The fourth-order valence-corrected chi connectivity index (χ4v) is 2.51. The zero-order chi connectivity index (χ0) is 18.8. The molecule has 0 saturated heterocycles. The number of rotatable bonds is 9. The number of carbonyl (C=O) groups excluding carboxylic acids is 1. The highest BCUT2D eigenvalue weighted by Gasteiger charge is 2.22. The molecule has 0 fully saturated rings. The smallest absolute Gasteiger partial charge is 0.336 e. The summed E-state index contributed by atoms with van der Waals surface area (Å²) in [6.45, 7) is 4.16. The van der Waals surface area contributed by atoms with Gasteiger partial charge >= 0.3 is 5.97 Å². The van der Waals surface area contributed by atoms with Gasteiger partial charge in [-0.25, -0.2) is 4.79 Å². The van der Waals surface area contributed by atoms with E-state index in [-0.39, 0.29) is 5.97 Å². The summed E-state index contributed by atoms with van der Waals surface area (Å²) >= 11 is 0. The quantitative estimate of drug-likeness (QED) is 0.477. The Balaban J connectivity index is 1.97. The first-order chi connectivity index (χ1) is 12.7. The summed E-state index contributed by atoms with van der Waals surface area (Å²) < 4.78 is 16.6. The van der Waals surface area contributed by atoms with Gasteiger partial charge in [0.15, 0.2) is 6.10 Å². The summed E-state index contributed by atoms with van der Waals surface area (Å²) in [5.41, 5.74) is 1.91. The van der Waals surface area contributed by atoms with Crippen molar-refractivity contribution in [2.24, 2.45) is 0 Å². The van der Waals surface area contributed by atoms with Crippen molar-refractivity contribution in [2.75, 3.05) is 7.11 Å². The van der Waals surface area contributed by atoms with Crippen molar-refractivity contribution in [1.29, 1.82) is 0 Å². The van der Waals surface area contributed by atoms with Crippen molar-refractivity contribution in [2.45, 2.75) is 39.1 Å². The second kappa shape index (κ2) is 10.4. The van der Waals surface area contributed by atoms with Crippen LogP contribution in [-0.2, 0) is 20.9 Å². The first-order valence-corrected chi connectivity index (χ1v) is 8.80. The number of carbonyl (C=O) groups is 1. The van der Waals surface area contributed by atoms with Crippen LogP contribution in [0.2, 0.25) is 0 Å². The van der Waals surface area contributed by atoms with E-state index in [1.54, 1.807) is 7.11 Å². The molecule has 0 aromatic heterocycles. The Labute approximate surface area is 155 Å². The van der Waals surface area contributed by atoms with E-state index < -0.39 is 12.2 Å². The van der Waals surface area contributed by atoms with Crippen LogP contribution in [0.4, 0.5) is 0 Å². The average Bonchev–Trinajstić information content (AvgIpc) is 2.69. The van der Waals surface area contributed by atoms with Gasteiger partial charge < -0.3 is 14.2 Å². The molecular weight excluding hydrogens is 328 g/mol. The zero-order valence-electron chi connectivity index (χ0n) is 15.6. The predicted molar refractivity (Wildman–Crippen MR) is 102 cm³/mol. The maximum absolute atomic E-state index is 12.6. The van der Waals surface area contributed by atoms with Crippen molar-refractivity contribution in [3.63, 3.8) is 0 Å². The molecule has 0 amide bonds. The van der Waals surface area contributed by atoms with Crippen molar-refractivity contribution in [3.8, 4) is 5.75 Å². The maximum Gasteiger partial charge on any atom is 0.336 e. The van der Waals surface area contributed by atoms with Crippen LogP contribution in [-0.4, -0.2) is 19.2 Å². The number of hydrogen-bond acceptors (Lipinski definition) is 4. The molecule has 4 heteroatoms. The number of ether oxygens (including phenoxy) is 3. The molecule has 0 saturated carbocycles. The van der Waals surface area contributed by atoms with E-state index in [1.165, 1.54) is 0 Å². The van der Waals surface area contributed by atoms with Crippen LogP contribution in [0.5, 0.6) is 5.75 Å². The molecule has 0 heterocycles. The van der Waals surface area contributed by atoms with Crippen LogP contribution in [0.3, 0.4) is 0 Å². The predicted octanol–water partition coefficient (Wildman–Crippen LogP) is 4.85. The van der Waals surface area contributed by atoms with Crippen LogP contribution in [0.15, 0.2) is 66.7 Å². The number of methoxy groups -OCH3 is 1. The molecule has 0 bridgehead atoms. The fraction of sp³-hybridized carbons (Fsp3) is 0.318. The Hall–Kier alpha value is -2.59. The van der Waals surface area contributed by atoms with Gasteiger partial charge in [-0.05, 0) is 42.7 Å². The van der Waals surface area contributed by atoms with Gasteiger partial charge in [0.2, 0.25) is 0 Å². The molecule has 2 atom stereocenters. The van der Waals surface area contributed by atoms with E-state index in [1.807, 2.05) is 80.6 Å².